The van der Waals surface area contributed by atoms with Gasteiger partial charge in [0.25, 0.3) is 5.91 Å². The van der Waals surface area contributed by atoms with Gasteiger partial charge in [0.05, 0.1) is 4.90 Å². The van der Waals surface area contributed by atoms with Crippen molar-refractivity contribution in [2.24, 2.45) is 5.14 Å². The van der Waals surface area contributed by atoms with Crippen LogP contribution in [0, 0.1) is 5.82 Å². The lowest BCUT2D eigenvalue weighted by Gasteiger charge is -2.20. The van der Waals surface area contributed by atoms with Crippen LogP contribution in [0.3, 0.4) is 0 Å². The van der Waals surface area contributed by atoms with Crippen molar-refractivity contribution in [2.45, 2.75) is 31.2 Å². The summed E-state index contributed by atoms with van der Waals surface area (Å²) in [5.41, 5.74) is -0.598. The third-order valence-electron chi connectivity index (χ3n) is 1.95. The molecule has 0 spiro atoms. The maximum atomic E-state index is 13.3. The van der Waals surface area contributed by atoms with E-state index < -0.39 is 32.2 Å². The fourth-order valence-corrected chi connectivity index (χ4v) is 1.84. The largest absolute Gasteiger partial charge is 0.347 e. The standard InChI is InChI=1S/C11H15FN2O3S/c1-11(2,3)14-10(15)7-4-8(12)6-9(5-7)18(13,16)17/h4-6H,1-3H3,(H,14,15)(H2,13,16,17). The van der Waals surface area contributed by atoms with Crippen LogP contribution in [0.5, 0.6) is 0 Å². The highest BCUT2D eigenvalue weighted by molar-refractivity contribution is 7.89. The molecule has 0 unspecified atom stereocenters. The second kappa shape index (κ2) is 4.66. The van der Waals surface area contributed by atoms with E-state index in [-0.39, 0.29) is 5.56 Å². The molecule has 0 heterocycles. The number of hydrogen-bond donors (Lipinski definition) is 2. The van der Waals surface area contributed by atoms with Crippen LogP contribution in [0.1, 0.15) is 31.1 Å². The highest BCUT2D eigenvalue weighted by Crippen LogP contribution is 2.14. The van der Waals surface area contributed by atoms with Crippen LogP contribution in [-0.4, -0.2) is 19.9 Å². The first-order chi connectivity index (χ1) is 7.99. The zero-order valence-corrected chi connectivity index (χ0v) is 11.1. The smallest absolute Gasteiger partial charge is 0.251 e. The minimum Gasteiger partial charge on any atom is -0.347 e. The molecule has 1 aromatic carbocycles. The molecule has 7 heteroatoms. The Labute approximate surface area is 105 Å². The predicted octanol–water partition coefficient (Wildman–Crippen LogP) is 1.00. The molecule has 1 aromatic rings. The molecule has 0 aliphatic carbocycles. The molecule has 0 radical (unpaired) electrons. The number of carbonyl (C=O) groups is 1. The molecule has 1 amide bonds. The summed E-state index contributed by atoms with van der Waals surface area (Å²) < 4.78 is 35.5. The molecular weight excluding hydrogens is 259 g/mol. The van der Waals surface area contributed by atoms with Gasteiger partial charge in [-0.3, -0.25) is 4.79 Å². The normalized spacial score (nSPS) is 12.3. The van der Waals surface area contributed by atoms with E-state index >= 15 is 0 Å². The number of nitrogens with two attached hydrogens (primary N) is 1. The van der Waals surface area contributed by atoms with Gasteiger partial charge < -0.3 is 5.32 Å². The SMILES string of the molecule is CC(C)(C)NC(=O)c1cc(F)cc(S(N)(=O)=O)c1. The molecule has 0 aromatic heterocycles. The number of hydrogen-bond acceptors (Lipinski definition) is 3. The average Bonchev–Trinajstić information content (AvgIpc) is 2.12. The number of carbonyl (C=O) groups excluding carboxylic acids is 1. The second-order valence-corrected chi connectivity index (χ2v) is 6.49. The quantitative estimate of drug-likeness (QED) is 0.843. The van der Waals surface area contributed by atoms with E-state index in [4.69, 9.17) is 5.14 Å². The van der Waals surface area contributed by atoms with Crippen LogP contribution in [-0.2, 0) is 10.0 Å². The molecule has 1 rings (SSSR count). The highest BCUT2D eigenvalue weighted by atomic mass is 32.2. The summed E-state index contributed by atoms with van der Waals surface area (Å²) in [4.78, 5) is 11.3. The van der Waals surface area contributed by atoms with Gasteiger partial charge in [0.1, 0.15) is 5.82 Å². The number of benzene rings is 1. The molecule has 0 aliphatic rings. The van der Waals surface area contributed by atoms with Gasteiger partial charge in [-0.2, -0.15) is 0 Å². The van der Waals surface area contributed by atoms with Crippen molar-refractivity contribution in [1.82, 2.24) is 5.32 Å². The van der Waals surface area contributed by atoms with Gasteiger partial charge in [-0.15, -0.1) is 0 Å². The van der Waals surface area contributed by atoms with Gasteiger partial charge in [0.2, 0.25) is 10.0 Å². The topological polar surface area (TPSA) is 89.3 Å². The van der Waals surface area contributed by atoms with Gasteiger partial charge >= 0.3 is 0 Å². The fraction of sp³-hybridized carbons (Fsp3) is 0.364. The number of halogens is 1. The zero-order valence-electron chi connectivity index (χ0n) is 10.3. The van der Waals surface area contributed by atoms with E-state index in [1.54, 1.807) is 20.8 Å². The lowest BCUT2D eigenvalue weighted by Crippen LogP contribution is -2.40. The highest BCUT2D eigenvalue weighted by Gasteiger charge is 2.18. The van der Waals surface area contributed by atoms with Crippen molar-refractivity contribution in [3.05, 3.63) is 29.6 Å². The van der Waals surface area contributed by atoms with E-state index in [9.17, 15) is 17.6 Å². The fourth-order valence-electron chi connectivity index (χ4n) is 1.27. The summed E-state index contributed by atoms with van der Waals surface area (Å²) in [5.74, 6) is -1.40. The Kier molecular flexibility index (Phi) is 3.78. The second-order valence-electron chi connectivity index (χ2n) is 4.92. The van der Waals surface area contributed by atoms with Gasteiger partial charge in [-0.25, -0.2) is 17.9 Å². The first kappa shape index (κ1) is 14.6. The third kappa shape index (κ3) is 4.08. The predicted molar refractivity (Wildman–Crippen MR) is 65.0 cm³/mol. The van der Waals surface area contributed by atoms with Crippen LogP contribution in [0.15, 0.2) is 23.1 Å². The Morgan fingerprint density at radius 1 is 1.28 bits per heavy atom. The average molecular weight is 274 g/mol. The first-order valence-corrected chi connectivity index (χ1v) is 6.69. The molecule has 18 heavy (non-hydrogen) atoms. The van der Waals surface area contributed by atoms with E-state index in [1.165, 1.54) is 0 Å². The molecule has 0 aliphatic heterocycles. The Hall–Kier alpha value is -1.47. The lowest BCUT2D eigenvalue weighted by molar-refractivity contribution is 0.0919. The number of nitrogens with one attached hydrogen (secondary N) is 1. The van der Waals surface area contributed by atoms with Crippen LogP contribution >= 0.6 is 0 Å². The van der Waals surface area contributed by atoms with E-state index in [2.05, 4.69) is 5.32 Å². The summed E-state index contributed by atoms with van der Waals surface area (Å²) in [6.07, 6.45) is 0. The molecule has 0 fully saturated rings. The Bertz CT molecular complexity index is 576. The van der Waals surface area contributed by atoms with Crippen molar-refractivity contribution in [3.63, 3.8) is 0 Å². The van der Waals surface area contributed by atoms with Crippen molar-refractivity contribution < 1.29 is 17.6 Å². The monoisotopic (exact) mass is 274 g/mol. The van der Waals surface area contributed by atoms with E-state index in [0.29, 0.717) is 0 Å². The summed E-state index contributed by atoms with van der Waals surface area (Å²) in [6.45, 7) is 5.26. The van der Waals surface area contributed by atoms with Crippen molar-refractivity contribution in [2.75, 3.05) is 0 Å². The maximum absolute atomic E-state index is 13.3. The lowest BCUT2D eigenvalue weighted by atomic mass is 10.1. The molecule has 3 N–H and O–H groups in total. The van der Waals surface area contributed by atoms with Crippen LogP contribution in [0.2, 0.25) is 0 Å². The number of sulfonamides is 1. The molecule has 0 atom stereocenters. The van der Waals surface area contributed by atoms with Crippen molar-refractivity contribution >= 4 is 15.9 Å². The van der Waals surface area contributed by atoms with Crippen LogP contribution in [0.4, 0.5) is 4.39 Å². The Morgan fingerprint density at radius 3 is 2.28 bits per heavy atom. The summed E-state index contributed by atoms with van der Waals surface area (Å²) >= 11 is 0. The van der Waals surface area contributed by atoms with Crippen molar-refractivity contribution in [3.8, 4) is 0 Å². The van der Waals surface area contributed by atoms with Crippen LogP contribution < -0.4 is 10.5 Å². The number of rotatable bonds is 2. The van der Waals surface area contributed by atoms with E-state index in [0.717, 1.165) is 18.2 Å². The third-order valence-corrected chi connectivity index (χ3v) is 2.84. The van der Waals surface area contributed by atoms with Gasteiger partial charge in [0.15, 0.2) is 0 Å². The van der Waals surface area contributed by atoms with Gasteiger partial charge in [-0.1, -0.05) is 0 Å². The van der Waals surface area contributed by atoms with Crippen molar-refractivity contribution in [1.29, 1.82) is 0 Å². The summed E-state index contributed by atoms with van der Waals surface area (Å²) in [7, 11) is -4.05. The minimum absolute atomic E-state index is 0.0889. The molecular formula is C11H15FN2O3S. The maximum Gasteiger partial charge on any atom is 0.251 e. The summed E-state index contributed by atoms with van der Waals surface area (Å²) in [6, 6.07) is 2.76. The molecule has 0 saturated heterocycles. The van der Waals surface area contributed by atoms with Crippen LogP contribution in [0.25, 0.3) is 0 Å². The minimum atomic E-state index is -4.05. The molecule has 0 bridgehead atoms. The number of amides is 1. The Morgan fingerprint density at radius 2 is 1.83 bits per heavy atom. The molecule has 0 saturated carbocycles. The summed E-state index contributed by atoms with van der Waals surface area (Å²) in [5, 5.41) is 7.50. The molecule has 100 valence electrons. The number of primary sulfonamides is 1. The van der Waals surface area contributed by atoms with Gasteiger partial charge in [-0.05, 0) is 39.0 Å². The zero-order chi connectivity index (χ0) is 14.1. The van der Waals surface area contributed by atoms with Gasteiger partial charge in [0, 0.05) is 11.1 Å². The molecule has 5 nitrogen and oxygen atoms in total. The van der Waals surface area contributed by atoms with E-state index in [1.807, 2.05) is 0 Å². The Balaban J connectivity index is 3.19. The first-order valence-electron chi connectivity index (χ1n) is 5.15.